The minimum absolute atomic E-state index is 0.102. The van der Waals surface area contributed by atoms with Crippen molar-refractivity contribution in [2.45, 2.75) is 12.8 Å². The molecule has 20 heavy (non-hydrogen) atoms. The van der Waals surface area contributed by atoms with Gasteiger partial charge >= 0.3 is 0 Å². The van der Waals surface area contributed by atoms with E-state index in [0.717, 1.165) is 24.2 Å². The van der Waals surface area contributed by atoms with E-state index in [1.807, 2.05) is 18.2 Å². The van der Waals surface area contributed by atoms with Crippen LogP contribution in [0.2, 0.25) is 0 Å². The number of rotatable bonds is 3. The molecule has 0 aromatic carbocycles. The van der Waals surface area contributed by atoms with Gasteiger partial charge in [0.2, 0.25) is 5.95 Å². The summed E-state index contributed by atoms with van der Waals surface area (Å²) in [5, 5.41) is 0. The number of nitrogen functional groups attached to an aromatic ring is 2. The average molecular weight is 267 g/mol. The third-order valence-electron chi connectivity index (χ3n) is 2.86. The van der Waals surface area contributed by atoms with Crippen molar-refractivity contribution in [3.05, 3.63) is 42.0 Å². The molecule has 0 saturated carbocycles. The predicted molar refractivity (Wildman–Crippen MR) is 75.6 cm³/mol. The number of hydrogen-bond acceptors (Lipinski definition) is 7. The molecule has 0 unspecified atom stereocenters. The Morgan fingerprint density at radius 1 is 0.900 bits per heavy atom. The van der Waals surface area contributed by atoms with Gasteiger partial charge in [0.05, 0.1) is 11.9 Å². The van der Waals surface area contributed by atoms with Crippen molar-refractivity contribution in [2.75, 3.05) is 11.5 Å². The van der Waals surface area contributed by atoms with Crippen molar-refractivity contribution >= 4 is 22.9 Å². The molecule has 0 bridgehead atoms. The van der Waals surface area contributed by atoms with Gasteiger partial charge in [0, 0.05) is 11.9 Å². The molecule has 7 heteroatoms. The topological polar surface area (TPSA) is 116 Å². The van der Waals surface area contributed by atoms with E-state index in [1.165, 1.54) is 0 Å². The maximum absolute atomic E-state index is 5.79. The molecule has 7 nitrogen and oxygen atoms in total. The van der Waals surface area contributed by atoms with Gasteiger partial charge in [-0.15, -0.1) is 0 Å². The lowest BCUT2D eigenvalue weighted by molar-refractivity contribution is 0.877. The number of hydrogen-bond donors (Lipinski definition) is 2. The first-order chi connectivity index (χ1) is 9.72. The first-order valence-electron chi connectivity index (χ1n) is 6.17. The lowest BCUT2D eigenvalue weighted by Crippen LogP contribution is -2.05. The molecule has 3 heterocycles. The van der Waals surface area contributed by atoms with Gasteiger partial charge in [-0.2, -0.15) is 9.97 Å². The second-order valence-corrected chi connectivity index (χ2v) is 4.32. The fourth-order valence-electron chi connectivity index (χ4n) is 1.91. The average Bonchev–Trinajstić information content (AvgIpc) is 2.46. The molecule has 0 saturated heterocycles. The van der Waals surface area contributed by atoms with Crippen LogP contribution in [0.3, 0.4) is 0 Å². The molecule has 3 rings (SSSR count). The third kappa shape index (κ3) is 2.46. The molecule has 0 atom stereocenters. The van der Waals surface area contributed by atoms with Crippen LogP contribution in [0.25, 0.3) is 11.2 Å². The summed E-state index contributed by atoms with van der Waals surface area (Å²) >= 11 is 0. The summed E-state index contributed by atoms with van der Waals surface area (Å²) in [7, 11) is 0. The Labute approximate surface area is 115 Å². The van der Waals surface area contributed by atoms with Gasteiger partial charge in [-0.1, -0.05) is 6.07 Å². The fourth-order valence-corrected chi connectivity index (χ4v) is 1.91. The monoisotopic (exact) mass is 267 g/mol. The Morgan fingerprint density at radius 2 is 1.75 bits per heavy atom. The highest BCUT2D eigenvalue weighted by atomic mass is 15.1. The maximum Gasteiger partial charge on any atom is 0.224 e. The Morgan fingerprint density at radius 3 is 2.55 bits per heavy atom. The number of aromatic nitrogens is 5. The quantitative estimate of drug-likeness (QED) is 0.719. The zero-order valence-electron chi connectivity index (χ0n) is 10.7. The SMILES string of the molecule is Nc1nc(N)c2nc(CCc3ccccn3)cnc2n1. The first kappa shape index (κ1) is 12.2. The van der Waals surface area contributed by atoms with Crippen LogP contribution in [0.15, 0.2) is 30.6 Å². The summed E-state index contributed by atoms with van der Waals surface area (Å²) in [5.41, 5.74) is 14.0. The largest absolute Gasteiger partial charge is 0.382 e. The van der Waals surface area contributed by atoms with Crippen LogP contribution in [0.1, 0.15) is 11.4 Å². The maximum atomic E-state index is 5.79. The molecule has 0 fully saturated rings. The molecule has 0 spiro atoms. The molecule has 4 N–H and O–H groups in total. The number of pyridine rings is 1. The minimum atomic E-state index is 0.102. The second-order valence-electron chi connectivity index (χ2n) is 4.32. The molecule has 0 amide bonds. The highest BCUT2D eigenvalue weighted by Crippen LogP contribution is 2.15. The zero-order chi connectivity index (χ0) is 13.9. The van der Waals surface area contributed by atoms with Gasteiger partial charge in [0.25, 0.3) is 0 Å². The van der Waals surface area contributed by atoms with E-state index in [9.17, 15) is 0 Å². The summed E-state index contributed by atoms with van der Waals surface area (Å²) in [4.78, 5) is 20.8. The van der Waals surface area contributed by atoms with Gasteiger partial charge in [0.15, 0.2) is 17.0 Å². The molecule has 0 aliphatic heterocycles. The Balaban J connectivity index is 1.86. The van der Waals surface area contributed by atoms with Gasteiger partial charge in [0.1, 0.15) is 0 Å². The number of nitrogens with two attached hydrogens (primary N) is 2. The normalized spacial score (nSPS) is 10.8. The molecule has 0 aliphatic rings. The summed E-state index contributed by atoms with van der Waals surface area (Å²) in [6, 6.07) is 5.83. The Bertz CT molecular complexity index is 742. The van der Waals surface area contributed by atoms with E-state index >= 15 is 0 Å². The Hall–Kier alpha value is -2.83. The summed E-state index contributed by atoms with van der Waals surface area (Å²) in [5.74, 6) is 0.352. The van der Waals surface area contributed by atoms with E-state index in [2.05, 4.69) is 24.9 Å². The summed E-state index contributed by atoms with van der Waals surface area (Å²) in [6.45, 7) is 0. The third-order valence-corrected chi connectivity index (χ3v) is 2.86. The van der Waals surface area contributed by atoms with Crippen LogP contribution < -0.4 is 11.5 Å². The Kier molecular flexibility index (Phi) is 3.08. The van der Waals surface area contributed by atoms with Gasteiger partial charge in [-0.05, 0) is 25.0 Å². The van der Waals surface area contributed by atoms with E-state index in [1.54, 1.807) is 12.4 Å². The van der Waals surface area contributed by atoms with E-state index in [4.69, 9.17) is 11.5 Å². The van der Waals surface area contributed by atoms with Crippen LogP contribution in [-0.4, -0.2) is 24.9 Å². The zero-order valence-corrected chi connectivity index (χ0v) is 10.7. The van der Waals surface area contributed by atoms with E-state index in [0.29, 0.717) is 11.2 Å². The number of fused-ring (bicyclic) bond motifs is 1. The van der Waals surface area contributed by atoms with Crippen LogP contribution in [0, 0.1) is 0 Å². The minimum Gasteiger partial charge on any atom is -0.382 e. The van der Waals surface area contributed by atoms with Crippen LogP contribution >= 0.6 is 0 Å². The standard InChI is InChI=1S/C13H13N7/c14-11-10-12(20-13(15)19-11)17-7-9(18-10)5-4-8-3-1-2-6-16-8/h1-3,6-7H,4-5H2,(H4,14,15,17,19,20). The lowest BCUT2D eigenvalue weighted by Gasteiger charge is -2.04. The number of nitrogens with zero attached hydrogens (tertiary/aromatic N) is 5. The molecule has 3 aromatic rings. The van der Waals surface area contributed by atoms with Crippen molar-refractivity contribution < 1.29 is 0 Å². The summed E-state index contributed by atoms with van der Waals surface area (Å²) in [6.07, 6.45) is 4.97. The molecule has 3 aromatic heterocycles. The van der Waals surface area contributed by atoms with E-state index < -0.39 is 0 Å². The molecular formula is C13H13N7. The van der Waals surface area contributed by atoms with E-state index in [-0.39, 0.29) is 11.8 Å². The van der Waals surface area contributed by atoms with Crippen LogP contribution in [0.5, 0.6) is 0 Å². The van der Waals surface area contributed by atoms with Crippen molar-refractivity contribution in [1.82, 2.24) is 24.9 Å². The van der Waals surface area contributed by atoms with Crippen molar-refractivity contribution in [3.8, 4) is 0 Å². The van der Waals surface area contributed by atoms with Crippen LogP contribution in [0.4, 0.5) is 11.8 Å². The number of anilines is 2. The second kappa shape index (κ2) is 5.04. The molecule has 0 aliphatic carbocycles. The van der Waals surface area contributed by atoms with Gasteiger partial charge in [-0.25, -0.2) is 9.97 Å². The molecule has 100 valence electrons. The molecule has 0 radical (unpaired) electrons. The summed E-state index contributed by atoms with van der Waals surface area (Å²) < 4.78 is 0. The predicted octanol–water partition coefficient (Wildman–Crippen LogP) is 0.764. The lowest BCUT2D eigenvalue weighted by atomic mass is 10.2. The highest BCUT2D eigenvalue weighted by Gasteiger charge is 2.07. The fraction of sp³-hybridized carbons (Fsp3) is 0.154. The molecular weight excluding hydrogens is 254 g/mol. The number of aryl methyl sites for hydroxylation is 2. The van der Waals surface area contributed by atoms with Crippen molar-refractivity contribution in [1.29, 1.82) is 0 Å². The van der Waals surface area contributed by atoms with Crippen molar-refractivity contribution in [3.63, 3.8) is 0 Å². The van der Waals surface area contributed by atoms with Gasteiger partial charge < -0.3 is 11.5 Å². The highest BCUT2D eigenvalue weighted by molar-refractivity contribution is 5.81. The van der Waals surface area contributed by atoms with Gasteiger partial charge in [-0.3, -0.25) is 4.98 Å². The van der Waals surface area contributed by atoms with Crippen molar-refractivity contribution in [2.24, 2.45) is 0 Å². The van der Waals surface area contributed by atoms with Crippen LogP contribution in [-0.2, 0) is 12.8 Å². The smallest absolute Gasteiger partial charge is 0.224 e. The first-order valence-corrected chi connectivity index (χ1v) is 6.17.